The molecule has 2 heterocycles. The molecule has 0 aromatic carbocycles. The van der Waals surface area contributed by atoms with Crippen LogP contribution in [0, 0.1) is 13.8 Å². The number of β-amino-alcohol motifs (C(OH)–C–C–N with tert-alkyl or cyclic N) is 1. The molecule has 1 aliphatic heterocycles. The van der Waals surface area contributed by atoms with Crippen molar-refractivity contribution >= 4 is 21.9 Å². The molecule has 0 radical (unpaired) electrons. The van der Waals surface area contributed by atoms with Crippen LogP contribution < -0.4 is 10.0 Å². The summed E-state index contributed by atoms with van der Waals surface area (Å²) in [5.41, 5.74) is 7.05. The number of nitrogens with zero attached hydrogens (tertiary/aromatic N) is 4. The van der Waals surface area contributed by atoms with E-state index in [2.05, 4.69) is 14.4 Å². The molecule has 1 aliphatic rings. The molecule has 0 spiro atoms. The predicted octanol–water partition coefficient (Wildman–Crippen LogP) is -1.14. The Kier molecular flexibility index (Phi) is 2.95. The Morgan fingerprint density at radius 3 is 2.50 bits per heavy atom. The first-order valence-corrected chi connectivity index (χ1v) is 6.61. The first kappa shape index (κ1) is 12.7. The normalized spacial score (nSPS) is 17.3. The Hall–Kier alpha value is -1.74. The molecule has 0 fully saturated rings. The topological polar surface area (TPSA) is 122 Å². The maximum atomic E-state index is 11.8. The number of rotatable bonds is 2. The van der Waals surface area contributed by atoms with E-state index in [1.54, 1.807) is 13.8 Å². The van der Waals surface area contributed by atoms with Gasteiger partial charge in [0, 0.05) is 0 Å². The van der Waals surface area contributed by atoms with Gasteiger partial charge < -0.3 is 10.8 Å². The van der Waals surface area contributed by atoms with Crippen LogP contribution in [0.1, 0.15) is 17.1 Å². The monoisotopic (exact) mass is 271 g/mol. The largest absolute Gasteiger partial charge is 0.394 e. The summed E-state index contributed by atoms with van der Waals surface area (Å²) in [6.45, 7) is 2.98. The number of hydrogen-bond acceptors (Lipinski definition) is 6. The third-order valence-corrected chi connectivity index (χ3v) is 3.90. The van der Waals surface area contributed by atoms with E-state index in [1.807, 2.05) is 0 Å². The van der Waals surface area contributed by atoms with E-state index in [9.17, 15) is 8.42 Å². The van der Waals surface area contributed by atoms with Crippen LogP contribution in [0.3, 0.4) is 0 Å². The van der Waals surface area contributed by atoms with Gasteiger partial charge in [0.15, 0.2) is 11.7 Å². The van der Waals surface area contributed by atoms with Crippen LogP contribution in [0.25, 0.3) is 0 Å². The first-order chi connectivity index (χ1) is 8.36. The van der Waals surface area contributed by atoms with E-state index in [0.717, 1.165) is 4.31 Å². The third kappa shape index (κ3) is 1.91. The molecule has 1 aromatic heterocycles. The Balaban J connectivity index is 2.71. The van der Waals surface area contributed by atoms with E-state index in [1.165, 1.54) is 0 Å². The maximum absolute atomic E-state index is 11.8. The van der Waals surface area contributed by atoms with Crippen LogP contribution in [0.2, 0.25) is 0 Å². The fourth-order valence-corrected chi connectivity index (χ4v) is 2.67. The van der Waals surface area contributed by atoms with E-state index in [-0.39, 0.29) is 30.5 Å². The zero-order valence-electron chi connectivity index (χ0n) is 9.95. The van der Waals surface area contributed by atoms with Crippen molar-refractivity contribution in [3.63, 3.8) is 0 Å². The van der Waals surface area contributed by atoms with Gasteiger partial charge in [-0.15, -0.1) is 4.40 Å². The second-order valence-electron chi connectivity index (χ2n) is 3.82. The van der Waals surface area contributed by atoms with Crippen LogP contribution in [-0.2, 0) is 10.2 Å². The molecule has 0 saturated carbocycles. The first-order valence-electron chi connectivity index (χ1n) is 5.21. The lowest BCUT2D eigenvalue weighted by Crippen LogP contribution is -2.40. The van der Waals surface area contributed by atoms with Gasteiger partial charge in [-0.2, -0.15) is 8.42 Å². The number of anilines is 1. The minimum absolute atomic E-state index is 0.111. The number of hydrogen-bond donors (Lipinski definition) is 2. The molecule has 0 bridgehead atoms. The van der Waals surface area contributed by atoms with Gasteiger partial charge in [0.2, 0.25) is 0 Å². The molecule has 0 aliphatic carbocycles. The van der Waals surface area contributed by atoms with Crippen LogP contribution >= 0.6 is 0 Å². The molecule has 0 saturated heterocycles. The lowest BCUT2D eigenvalue weighted by Gasteiger charge is -2.25. The van der Waals surface area contributed by atoms with Gasteiger partial charge in [-0.1, -0.05) is 0 Å². The SMILES string of the molecule is Cc1nc2c(nc1C)N(CCO)S(=O)(=O)N=C2N. The van der Waals surface area contributed by atoms with Gasteiger partial charge in [-0.05, 0) is 13.8 Å². The predicted molar refractivity (Wildman–Crippen MR) is 65.6 cm³/mol. The molecule has 0 amide bonds. The summed E-state index contributed by atoms with van der Waals surface area (Å²) in [5, 5.41) is 8.93. The smallest absolute Gasteiger partial charge is 0.348 e. The number of fused-ring (bicyclic) bond motifs is 1. The van der Waals surface area contributed by atoms with Crippen molar-refractivity contribution in [2.45, 2.75) is 13.8 Å². The molecule has 1 aromatic rings. The molecular weight excluding hydrogens is 258 g/mol. The third-order valence-electron chi connectivity index (χ3n) is 2.56. The van der Waals surface area contributed by atoms with Gasteiger partial charge in [-0.3, -0.25) is 0 Å². The summed E-state index contributed by atoms with van der Waals surface area (Å²) >= 11 is 0. The molecular formula is C9H13N5O3S. The van der Waals surface area contributed by atoms with E-state index in [4.69, 9.17) is 10.8 Å². The number of aryl methyl sites for hydroxylation is 2. The summed E-state index contributed by atoms with van der Waals surface area (Å²) in [6.07, 6.45) is 0. The Morgan fingerprint density at radius 1 is 1.28 bits per heavy atom. The van der Waals surface area contributed by atoms with E-state index < -0.39 is 10.2 Å². The average Bonchev–Trinajstić information content (AvgIpc) is 2.26. The number of nitrogens with two attached hydrogens (primary N) is 1. The van der Waals surface area contributed by atoms with Crippen LogP contribution in [-0.4, -0.2) is 42.5 Å². The van der Waals surface area contributed by atoms with Gasteiger partial charge in [0.05, 0.1) is 24.5 Å². The molecule has 3 N–H and O–H groups in total. The number of aliphatic hydroxyl groups excluding tert-OH is 1. The molecule has 8 nitrogen and oxygen atoms in total. The highest BCUT2D eigenvalue weighted by Crippen LogP contribution is 2.25. The molecule has 2 rings (SSSR count). The van der Waals surface area contributed by atoms with Crippen molar-refractivity contribution in [3.8, 4) is 0 Å². The summed E-state index contributed by atoms with van der Waals surface area (Å²) in [4.78, 5) is 8.36. The van der Waals surface area contributed by atoms with Crippen molar-refractivity contribution in [1.29, 1.82) is 0 Å². The Labute approximate surface area is 104 Å². The van der Waals surface area contributed by atoms with Crippen molar-refractivity contribution < 1.29 is 13.5 Å². The van der Waals surface area contributed by atoms with Crippen LogP contribution in [0.4, 0.5) is 5.82 Å². The molecule has 98 valence electrons. The number of aromatic nitrogens is 2. The minimum atomic E-state index is -3.94. The second kappa shape index (κ2) is 4.18. The Morgan fingerprint density at radius 2 is 1.89 bits per heavy atom. The highest BCUT2D eigenvalue weighted by Gasteiger charge is 2.32. The lowest BCUT2D eigenvalue weighted by atomic mass is 10.3. The quantitative estimate of drug-likeness (QED) is 0.700. The fourth-order valence-electron chi connectivity index (χ4n) is 1.58. The van der Waals surface area contributed by atoms with Gasteiger partial charge in [-0.25, -0.2) is 14.3 Å². The minimum Gasteiger partial charge on any atom is -0.394 e. The fraction of sp³-hybridized carbons (Fsp3) is 0.444. The second-order valence-corrected chi connectivity index (χ2v) is 5.34. The molecule has 0 atom stereocenters. The van der Waals surface area contributed by atoms with Crippen LogP contribution in [0.15, 0.2) is 4.40 Å². The molecule has 18 heavy (non-hydrogen) atoms. The van der Waals surface area contributed by atoms with E-state index >= 15 is 0 Å². The summed E-state index contributed by atoms with van der Waals surface area (Å²) < 4.78 is 27.9. The van der Waals surface area contributed by atoms with Gasteiger partial charge in [0.25, 0.3) is 0 Å². The zero-order chi connectivity index (χ0) is 13.5. The summed E-state index contributed by atoms with van der Waals surface area (Å²) in [5.74, 6) is -0.0746. The maximum Gasteiger partial charge on any atom is 0.348 e. The number of amidine groups is 1. The van der Waals surface area contributed by atoms with Crippen molar-refractivity contribution in [3.05, 3.63) is 17.1 Å². The van der Waals surface area contributed by atoms with Crippen LogP contribution in [0.5, 0.6) is 0 Å². The van der Waals surface area contributed by atoms with Crippen molar-refractivity contribution in [2.24, 2.45) is 10.1 Å². The summed E-state index contributed by atoms with van der Waals surface area (Å²) in [6, 6.07) is 0. The van der Waals surface area contributed by atoms with E-state index in [0.29, 0.717) is 11.4 Å². The van der Waals surface area contributed by atoms with Gasteiger partial charge in [0.1, 0.15) is 5.69 Å². The Bertz CT molecular complexity index is 625. The average molecular weight is 271 g/mol. The molecule has 9 heteroatoms. The van der Waals surface area contributed by atoms with Crippen molar-refractivity contribution in [2.75, 3.05) is 17.5 Å². The van der Waals surface area contributed by atoms with Crippen molar-refractivity contribution in [1.82, 2.24) is 9.97 Å². The highest BCUT2D eigenvalue weighted by atomic mass is 32.2. The van der Waals surface area contributed by atoms with Gasteiger partial charge >= 0.3 is 10.2 Å². The highest BCUT2D eigenvalue weighted by molar-refractivity contribution is 7.91. The summed E-state index contributed by atoms with van der Waals surface area (Å²) in [7, 11) is -3.94. The molecule has 0 unspecified atom stereocenters. The standard InChI is InChI=1S/C9H13N5O3S/c1-5-6(2)12-9-7(11-5)8(10)13-18(16,17)14(9)3-4-15/h15H,3-4H2,1-2H3,(H2,10,13). The lowest BCUT2D eigenvalue weighted by molar-refractivity contribution is 0.306. The zero-order valence-corrected chi connectivity index (χ0v) is 10.8. The number of aliphatic hydroxyl groups is 1.